The van der Waals surface area contributed by atoms with Crippen molar-refractivity contribution in [2.24, 2.45) is 0 Å². The SMILES string of the molecule is COc1ccc(S(=O)(=O)Nc2nc(C(=O)Nc3ccc(Cl)c(Cl)c3)cs2)cc1. The van der Waals surface area contributed by atoms with Crippen LogP contribution in [-0.4, -0.2) is 26.4 Å². The number of ether oxygens (including phenoxy) is 1. The van der Waals surface area contributed by atoms with E-state index < -0.39 is 15.9 Å². The molecule has 0 saturated carbocycles. The molecule has 0 fully saturated rings. The molecule has 0 radical (unpaired) electrons. The van der Waals surface area contributed by atoms with Crippen LogP contribution in [0.25, 0.3) is 0 Å². The van der Waals surface area contributed by atoms with Crippen LogP contribution in [0.15, 0.2) is 52.7 Å². The highest BCUT2D eigenvalue weighted by atomic mass is 35.5. The minimum Gasteiger partial charge on any atom is -0.497 e. The smallest absolute Gasteiger partial charge is 0.275 e. The summed E-state index contributed by atoms with van der Waals surface area (Å²) in [5.41, 5.74) is 0.497. The molecule has 7 nitrogen and oxygen atoms in total. The summed E-state index contributed by atoms with van der Waals surface area (Å²) < 4.78 is 32.2. The van der Waals surface area contributed by atoms with E-state index in [1.165, 1.54) is 42.8 Å². The zero-order valence-corrected chi connectivity index (χ0v) is 17.4. The first-order chi connectivity index (χ1) is 13.3. The standard InChI is InChI=1S/C17H13Cl2N3O4S2/c1-26-11-3-5-12(6-4-11)28(24,25)22-17-21-15(9-27-17)16(23)20-10-2-7-13(18)14(19)8-10/h2-9H,1H3,(H,20,23)(H,21,22). The van der Waals surface area contributed by atoms with E-state index in [-0.39, 0.29) is 15.7 Å². The highest BCUT2D eigenvalue weighted by molar-refractivity contribution is 7.93. The van der Waals surface area contributed by atoms with Gasteiger partial charge in [-0.3, -0.25) is 9.52 Å². The zero-order chi connectivity index (χ0) is 20.3. The molecule has 3 aromatic rings. The lowest BCUT2D eigenvalue weighted by Gasteiger charge is -2.06. The topological polar surface area (TPSA) is 97.4 Å². The first-order valence-corrected chi connectivity index (χ1v) is 10.8. The van der Waals surface area contributed by atoms with E-state index in [1.807, 2.05) is 0 Å². The minimum atomic E-state index is -3.84. The Labute approximate surface area is 175 Å². The van der Waals surface area contributed by atoms with Gasteiger partial charge in [0.15, 0.2) is 5.13 Å². The van der Waals surface area contributed by atoms with Crippen molar-refractivity contribution in [3.63, 3.8) is 0 Å². The number of thiazole rings is 1. The molecule has 0 aliphatic carbocycles. The van der Waals surface area contributed by atoms with Crippen molar-refractivity contribution >= 4 is 61.3 Å². The van der Waals surface area contributed by atoms with Crippen molar-refractivity contribution in [1.82, 2.24) is 4.98 Å². The summed E-state index contributed by atoms with van der Waals surface area (Å²) in [6.45, 7) is 0. The minimum absolute atomic E-state index is 0.0466. The van der Waals surface area contributed by atoms with Crippen LogP contribution in [0.4, 0.5) is 10.8 Å². The lowest BCUT2D eigenvalue weighted by Crippen LogP contribution is -2.14. The van der Waals surface area contributed by atoms with Crippen LogP contribution < -0.4 is 14.8 Å². The predicted molar refractivity (Wildman–Crippen MR) is 110 cm³/mol. The summed E-state index contributed by atoms with van der Waals surface area (Å²) in [5.74, 6) is 0.0268. The Bertz CT molecular complexity index is 1120. The fourth-order valence-corrected chi connectivity index (χ4v) is 4.36. The van der Waals surface area contributed by atoms with Crippen LogP contribution in [0, 0.1) is 0 Å². The van der Waals surface area contributed by atoms with Gasteiger partial charge in [0.05, 0.1) is 22.1 Å². The van der Waals surface area contributed by atoms with Crippen molar-refractivity contribution in [2.75, 3.05) is 17.1 Å². The summed E-state index contributed by atoms with van der Waals surface area (Å²) in [4.78, 5) is 16.4. The third-order valence-electron chi connectivity index (χ3n) is 3.51. The van der Waals surface area contributed by atoms with Crippen LogP contribution in [0.2, 0.25) is 10.0 Å². The first-order valence-electron chi connectivity index (χ1n) is 7.67. The van der Waals surface area contributed by atoms with Crippen molar-refractivity contribution in [3.05, 3.63) is 63.6 Å². The van der Waals surface area contributed by atoms with E-state index in [1.54, 1.807) is 12.1 Å². The van der Waals surface area contributed by atoms with Crippen molar-refractivity contribution < 1.29 is 17.9 Å². The molecule has 0 bridgehead atoms. The number of aromatic nitrogens is 1. The summed E-state index contributed by atoms with van der Waals surface area (Å²) in [6.07, 6.45) is 0. The molecule has 1 aromatic heterocycles. The van der Waals surface area contributed by atoms with Gasteiger partial charge in [0, 0.05) is 11.1 Å². The van der Waals surface area contributed by atoms with Crippen LogP contribution >= 0.6 is 34.5 Å². The molecule has 0 saturated heterocycles. The quantitative estimate of drug-likeness (QED) is 0.567. The number of carbonyl (C=O) groups excluding carboxylic acids is 1. The molecule has 0 unspecified atom stereocenters. The number of anilines is 2. The number of hydrogen-bond donors (Lipinski definition) is 2. The lowest BCUT2D eigenvalue weighted by molar-refractivity contribution is 0.102. The Kier molecular flexibility index (Phi) is 6.09. The lowest BCUT2D eigenvalue weighted by atomic mass is 10.3. The van der Waals surface area contributed by atoms with Gasteiger partial charge >= 0.3 is 0 Å². The molecule has 28 heavy (non-hydrogen) atoms. The summed E-state index contributed by atoms with van der Waals surface area (Å²) in [5, 5.41) is 4.79. The highest BCUT2D eigenvalue weighted by Gasteiger charge is 2.18. The molecule has 146 valence electrons. The van der Waals surface area contributed by atoms with Crippen molar-refractivity contribution in [3.8, 4) is 5.75 Å². The number of hydrogen-bond acceptors (Lipinski definition) is 6. The van der Waals surface area contributed by atoms with Crippen LogP contribution in [-0.2, 0) is 10.0 Å². The number of benzene rings is 2. The molecular weight excluding hydrogens is 445 g/mol. The van der Waals surface area contributed by atoms with E-state index in [4.69, 9.17) is 27.9 Å². The maximum Gasteiger partial charge on any atom is 0.275 e. The molecule has 2 aromatic carbocycles. The Morgan fingerprint density at radius 2 is 1.82 bits per heavy atom. The van der Waals surface area contributed by atoms with Crippen LogP contribution in [0.1, 0.15) is 10.5 Å². The zero-order valence-electron chi connectivity index (χ0n) is 14.3. The van der Waals surface area contributed by atoms with Crippen LogP contribution in [0.3, 0.4) is 0 Å². The summed E-state index contributed by atoms with van der Waals surface area (Å²) >= 11 is 12.7. The predicted octanol–water partition coefficient (Wildman–Crippen LogP) is 4.51. The first kappa shape index (κ1) is 20.4. The van der Waals surface area contributed by atoms with Crippen molar-refractivity contribution in [1.29, 1.82) is 0 Å². The normalized spacial score (nSPS) is 11.1. The molecule has 0 aliphatic rings. The van der Waals surface area contributed by atoms with Gasteiger partial charge in [-0.2, -0.15) is 0 Å². The van der Waals surface area contributed by atoms with Gasteiger partial charge in [0.2, 0.25) is 0 Å². The van der Waals surface area contributed by atoms with E-state index in [0.717, 1.165) is 11.3 Å². The van der Waals surface area contributed by atoms with Gasteiger partial charge < -0.3 is 10.1 Å². The number of methoxy groups -OCH3 is 1. The average molecular weight is 458 g/mol. The second-order valence-corrected chi connectivity index (χ2v) is 8.76. The number of carbonyl (C=O) groups is 1. The maximum atomic E-state index is 12.4. The second-order valence-electron chi connectivity index (χ2n) is 5.40. The number of nitrogens with one attached hydrogen (secondary N) is 2. The molecule has 3 rings (SSSR count). The molecule has 1 heterocycles. The molecule has 0 aliphatic heterocycles. The molecule has 0 spiro atoms. The molecule has 2 N–H and O–H groups in total. The second kappa shape index (κ2) is 8.36. The van der Waals surface area contributed by atoms with Gasteiger partial charge in [-0.1, -0.05) is 23.2 Å². The van der Waals surface area contributed by atoms with E-state index in [0.29, 0.717) is 21.5 Å². The van der Waals surface area contributed by atoms with E-state index in [9.17, 15) is 13.2 Å². The average Bonchev–Trinajstić information content (AvgIpc) is 3.12. The third kappa shape index (κ3) is 4.74. The van der Waals surface area contributed by atoms with Gasteiger partial charge in [-0.05, 0) is 42.5 Å². The Balaban J connectivity index is 1.72. The number of halogens is 2. The van der Waals surface area contributed by atoms with Gasteiger partial charge in [0.25, 0.3) is 15.9 Å². The number of sulfonamides is 1. The van der Waals surface area contributed by atoms with Gasteiger partial charge in [-0.15, -0.1) is 11.3 Å². The summed E-state index contributed by atoms with van der Waals surface area (Å²) in [7, 11) is -2.35. The number of nitrogens with zero attached hydrogens (tertiary/aromatic N) is 1. The fourth-order valence-electron chi connectivity index (χ4n) is 2.12. The highest BCUT2D eigenvalue weighted by Crippen LogP contribution is 2.26. The van der Waals surface area contributed by atoms with Crippen molar-refractivity contribution in [2.45, 2.75) is 4.90 Å². The fraction of sp³-hybridized carbons (Fsp3) is 0.0588. The van der Waals surface area contributed by atoms with Gasteiger partial charge in [-0.25, -0.2) is 13.4 Å². The molecule has 1 amide bonds. The van der Waals surface area contributed by atoms with Gasteiger partial charge in [0.1, 0.15) is 11.4 Å². The Morgan fingerprint density at radius 1 is 1.11 bits per heavy atom. The largest absolute Gasteiger partial charge is 0.497 e. The number of amides is 1. The molecule has 11 heteroatoms. The Hall–Kier alpha value is -2.33. The Morgan fingerprint density at radius 3 is 2.46 bits per heavy atom. The monoisotopic (exact) mass is 457 g/mol. The summed E-state index contributed by atoms with van der Waals surface area (Å²) in [6, 6.07) is 10.5. The molecular formula is C17H13Cl2N3O4S2. The maximum absolute atomic E-state index is 12.4. The molecule has 0 atom stereocenters. The van der Waals surface area contributed by atoms with Crippen LogP contribution in [0.5, 0.6) is 5.75 Å². The number of rotatable bonds is 6. The third-order valence-corrected chi connectivity index (χ3v) is 6.49. The van der Waals surface area contributed by atoms with E-state index in [2.05, 4.69) is 15.0 Å². The van der Waals surface area contributed by atoms with E-state index >= 15 is 0 Å².